The zero-order valence-corrected chi connectivity index (χ0v) is 28.2. The number of fused-ring (bicyclic) bond motifs is 3. The lowest BCUT2D eigenvalue weighted by Gasteiger charge is -2.19. The number of pyridine rings is 1. The topological polar surface area (TPSA) is 54.1 Å². The number of benzene rings is 4. The summed E-state index contributed by atoms with van der Waals surface area (Å²) < 4.78 is 30.7. The summed E-state index contributed by atoms with van der Waals surface area (Å²) in [6.07, 6.45) is 7.70. The molecule has 0 unspecified atom stereocenters. The first-order chi connectivity index (χ1) is 23.1. The molecule has 3 heterocycles. The maximum Gasteiger partial charge on any atom is 0.141 e. The van der Waals surface area contributed by atoms with Crippen LogP contribution in [0.4, 0.5) is 4.39 Å². The molecule has 0 aliphatic carbocycles. The Kier molecular flexibility index (Phi) is 7.99. The standard InChI is InChI=1S/C41H39FN4O2/c1-26-17-28(13-15-41(3,4)5)18-27(2)40(26)29-24-44-45(25-29)31-19-30(42)20-34(21-31)48-33-11-12-36-35-9-7-8-10-37(35)46(38(36)22-33)39-23-32(47-6)14-16-43-39/h7-12,14,16-25H,13,15H2,1-6H3. The summed E-state index contributed by atoms with van der Waals surface area (Å²) in [6.45, 7) is 11.1. The Bertz CT molecular complexity index is 2270. The molecule has 0 saturated carbocycles. The lowest BCUT2D eigenvalue weighted by atomic mass is 9.87. The fourth-order valence-electron chi connectivity index (χ4n) is 6.55. The minimum atomic E-state index is -0.411. The fourth-order valence-corrected chi connectivity index (χ4v) is 6.55. The van der Waals surface area contributed by atoms with E-state index in [-0.39, 0.29) is 5.41 Å². The quantitative estimate of drug-likeness (QED) is 0.166. The second-order valence-corrected chi connectivity index (χ2v) is 13.7. The zero-order valence-electron chi connectivity index (χ0n) is 28.2. The van der Waals surface area contributed by atoms with Gasteiger partial charge in [-0.15, -0.1) is 0 Å². The van der Waals surface area contributed by atoms with Crippen LogP contribution in [0.25, 0.3) is 44.4 Å². The maximum absolute atomic E-state index is 15.1. The Morgan fingerprint density at radius 1 is 0.792 bits per heavy atom. The van der Waals surface area contributed by atoms with Crippen LogP contribution in [0, 0.1) is 25.1 Å². The molecule has 6 nitrogen and oxygen atoms in total. The third-order valence-electron chi connectivity index (χ3n) is 8.81. The van der Waals surface area contributed by atoms with Gasteiger partial charge < -0.3 is 9.47 Å². The molecule has 0 amide bonds. The van der Waals surface area contributed by atoms with E-state index in [1.165, 1.54) is 28.8 Å². The normalized spacial score (nSPS) is 11.8. The Balaban J connectivity index is 1.21. The molecule has 0 aliphatic rings. The van der Waals surface area contributed by atoms with E-state index >= 15 is 4.39 Å². The second kappa shape index (κ2) is 12.3. The second-order valence-electron chi connectivity index (χ2n) is 13.7. The van der Waals surface area contributed by atoms with Crippen LogP contribution in [0.3, 0.4) is 0 Å². The fraction of sp³-hybridized carbons (Fsp3) is 0.220. The van der Waals surface area contributed by atoms with Crippen molar-refractivity contribution in [2.45, 2.75) is 47.5 Å². The molecule has 48 heavy (non-hydrogen) atoms. The van der Waals surface area contributed by atoms with Gasteiger partial charge in [0.15, 0.2) is 0 Å². The SMILES string of the molecule is COc1ccnc(-n2c3ccccc3c3ccc(Oc4cc(F)cc(-n5cc(-c6c(C)cc(CCC(C)(C)C)cc6C)cn5)c4)cc32)c1. The van der Waals surface area contributed by atoms with E-state index in [1.807, 2.05) is 54.9 Å². The van der Waals surface area contributed by atoms with Crippen molar-refractivity contribution in [1.29, 1.82) is 0 Å². The highest BCUT2D eigenvalue weighted by atomic mass is 19.1. The number of nitrogens with zero attached hydrogens (tertiary/aromatic N) is 4. The van der Waals surface area contributed by atoms with Crippen molar-refractivity contribution < 1.29 is 13.9 Å². The van der Waals surface area contributed by atoms with Crippen molar-refractivity contribution in [3.8, 4) is 39.9 Å². The van der Waals surface area contributed by atoms with Gasteiger partial charge in [0.05, 0.1) is 30.0 Å². The van der Waals surface area contributed by atoms with Crippen LogP contribution < -0.4 is 9.47 Å². The van der Waals surface area contributed by atoms with Gasteiger partial charge in [0.2, 0.25) is 0 Å². The summed E-state index contributed by atoms with van der Waals surface area (Å²) in [6, 6.07) is 27.0. The summed E-state index contributed by atoms with van der Waals surface area (Å²) in [5, 5.41) is 6.77. The summed E-state index contributed by atoms with van der Waals surface area (Å²) in [5.74, 6) is 1.98. The number of aryl methyl sites for hydroxylation is 3. The maximum atomic E-state index is 15.1. The average Bonchev–Trinajstić information content (AvgIpc) is 3.66. The largest absolute Gasteiger partial charge is 0.497 e. The molecule has 0 fully saturated rings. The molecule has 0 atom stereocenters. The number of halogens is 1. The Labute approximate surface area is 280 Å². The summed E-state index contributed by atoms with van der Waals surface area (Å²) in [4.78, 5) is 4.64. The highest BCUT2D eigenvalue weighted by Crippen LogP contribution is 2.36. The summed E-state index contributed by atoms with van der Waals surface area (Å²) >= 11 is 0. The van der Waals surface area contributed by atoms with Gasteiger partial charge in [0.1, 0.15) is 28.9 Å². The third-order valence-corrected chi connectivity index (χ3v) is 8.81. The minimum absolute atomic E-state index is 0.288. The van der Waals surface area contributed by atoms with Crippen LogP contribution in [0.5, 0.6) is 17.2 Å². The molecule has 4 aromatic carbocycles. The molecule has 7 aromatic rings. The van der Waals surface area contributed by atoms with Crippen LogP contribution in [-0.4, -0.2) is 26.4 Å². The molecule has 0 aliphatic heterocycles. The van der Waals surface area contributed by atoms with Crippen molar-refractivity contribution in [3.63, 3.8) is 0 Å². The predicted molar refractivity (Wildman–Crippen MR) is 191 cm³/mol. The van der Waals surface area contributed by atoms with E-state index in [9.17, 15) is 0 Å². The number of hydrogen-bond acceptors (Lipinski definition) is 4. The van der Waals surface area contributed by atoms with E-state index in [0.29, 0.717) is 22.9 Å². The molecule has 0 spiro atoms. The van der Waals surface area contributed by atoms with E-state index in [4.69, 9.17) is 9.47 Å². The first kappa shape index (κ1) is 31.2. The van der Waals surface area contributed by atoms with Gasteiger partial charge in [-0.1, -0.05) is 51.1 Å². The van der Waals surface area contributed by atoms with Crippen LogP contribution in [0.1, 0.15) is 43.9 Å². The number of hydrogen-bond donors (Lipinski definition) is 0. The van der Waals surface area contributed by atoms with Crippen molar-refractivity contribution in [2.75, 3.05) is 7.11 Å². The zero-order chi connectivity index (χ0) is 33.6. The van der Waals surface area contributed by atoms with Crippen molar-refractivity contribution >= 4 is 21.8 Å². The smallest absolute Gasteiger partial charge is 0.141 e. The van der Waals surface area contributed by atoms with Gasteiger partial charge in [-0.05, 0) is 84.7 Å². The number of methoxy groups -OCH3 is 1. The Hall–Kier alpha value is -5.43. The lowest BCUT2D eigenvalue weighted by Crippen LogP contribution is -2.06. The monoisotopic (exact) mass is 638 g/mol. The molecular formula is C41H39FN4O2. The summed E-state index contributed by atoms with van der Waals surface area (Å²) in [5.41, 5.74) is 8.70. The molecule has 7 heteroatoms. The molecule has 242 valence electrons. The first-order valence-electron chi connectivity index (χ1n) is 16.2. The van der Waals surface area contributed by atoms with Gasteiger partial charge in [-0.25, -0.2) is 14.1 Å². The summed E-state index contributed by atoms with van der Waals surface area (Å²) in [7, 11) is 1.64. The molecule has 0 N–H and O–H groups in total. The molecule has 7 rings (SSSR count). The van der Waals surface area contributed by atoms with Gasteiger partial charge in [-0.3, -0.25) is 4.57 Å². The van der Waals surface area contributed by atoms with Crippen molar-refractivity contribution in [3.05, 3.63) is 126 Å². The van der Waals surface area contributed by atoms with Crippen molar-refractivity contribution in [1.82, 2.24) is 19.3 Å². The van der Waals surface area contributed by atoms with E-state index < -0.39 is 5.82 Å². The van der Waals surface area contributed by atoms with Crippen LogP contribution in [0.2, 0.25) is 0 Å². The average molecular weight is 639 g/mol. The van der Waals surface area contributed by atoms with Gasteiger partial charge >= 0.3 is 0 Å². The van der Waals surface area contributed by atoms with Crippen LogP contribution in [-0.2, 0) is 6.42 Å². The van der Waals surface area contributed by atoms with E-state index in [2.05, 4.69) is 73.5 Å². The number of rotatable bonds is 8. The van der Waals surface area contributed by atoms with Crippen LogP contribution in [0.15, 0.2) is 104 Å². The number of aromatic nitrogens is 4. The molecule has 0 radical (unpaired) electrons. The molecular weight excluding hydrogens is 599 g/mol. The van der Waals surface area contributed by atoms with E-state index in [1.54, 1.807) is 24.1 Å². The predicted octanol–water partition coefficient (Wildman–Crippen LogP) is 10.6. The molecule has 0 saturated heterocycles. The van der Waals surface area contributed by atoms with Gasteiger partial charge in [0.25, 0.3) is 0 Å². The third kappa shape index (κ3) is 6.16. The Morgan fingerprint density at radius 3 is 2.33 bits per heavy atom. The molecule has 3 aromatic heterocycles. The van der Waals surface area contributed by atoms with E-state index in [0.717, 1.165) is 51.6 Å². The van der Waals surface area contributed by atoms with Crippen molar-refractivity contribution in [2.24, 2.45) is 5.41 Å². The highest BCUT2D eigenvalue weighted by Gasteiger charge is 2.17. The first-order valence-corrected chi connectivity index (χ1v) is 16.2. The highest BCUT2D eigenvalue weighted by molar-refractivity contribution is 6.09. The minimum Gasteiger partial charge on any atom is -0.497 e. The van der Waals surface area contributed by atoms with Crippen LogP contribution >= 0.6 is 0 Å². The van der Waals surface area contributed by atoms with Gasteiger partial charge in [-0.2, -0.15) is 5.10 Å². The van der Waals surface area contributed by atoms with Gasteiger partial charge in [0, 0.05) is 53.0 Å². The Morgan fingerprint density at radius 2 is 1.56 bits per heavy atom. The lowest BCUT2D eigenvalue weighted by molar-refractivity contribution is 0.378. The number of para-hydroxylation sites is 1. The number of ether oxygens (including phenoxy) is 2. The molecule has 0 bridgehead atoms.